The van der Waals surface area contributed by atoms with Gasteiger partial charge in [0, 0.05) is 0 Å². The number of rotatable bonds is 2. The molecule has 0 radical (unpaired) electrons. The number of quaternary nitrogens is 2. The Morgan fingerprint density at radius 2 is 0.824 bits per heavy atom. The molecule has 2 N–H and O–H groups in total. The van der Waals surface area contributed by atoms with Crippen molar-refractivity contribution in [2.45, 2.75) is 0 Å². The molecule has 0 fully saturated rings. The van der Waals surface area contributed by atoms with E-state index >= 15 is 0 Å². The normalized spacial score (nSPS) is 9.18. The van der Waals surface area contributed by atoms with Gasteiger partial charge in [0.25, 0.3) is 0 Å². The van der Waals surface area contributed by atoms with E-state index in [1.165, 1.54) is 0 Å². The molecular formula is C8H26MoN2O2S4. The van der Waals surface area contributed by atoms with Gasteiger partial charge >= 0.3 is 34.6 Å². The van der Waals surface area contributed by atoms with Crippen molar-refractivity contribution < 1.29 is 34.1 Å². The Morgan fingerprint density at radius 1 is 0.765 bits per heavy atom. The molecule has 0 unspecified atom stereocenters. The molecule has 0 aromatic rings. The predicted molar refractivity (Wildman–Crippen MR) is 82.9 cm³/mol. The van der Waals surface area contributed by atoms with E-state index in [1.807, 2.05) is 42.3 Å². The summed E-state index contributed by atoms with van der Waals surface area (Å²) in [6.45, 7) is 0.417. The topological polar surface area (TPSA) is 40.5 Å². The Morgan fingerprint density at radius 3 is 0.824 bits per heavy atom. The first-order chi connectivity index (χ1) is 6.54. The van der Waals surface area contributed by atoms with Crippen molar-refractivity contribution in [3.05, 3.63) is 0 Å². The van der Waals surface area contributed by atoms with Gasteiger partial charge < -0.3 is 46.2 Å². The predicted octanol–water partition coefficient (Wildman–Crippen LogP) is 0.0385. The van der Waals surface area contributed by atoms with Crippen LogP contribution in [0.25, 0.3) is 0 Å². The fourth-order valence-corrected chi connectivity index (χ4v) is 0. The van der Waals surface area contributed by atoms with Crippen molar-refractivity contribution in [3.8, 4) is 0 Å². The van der Waals surface area contributed by atoms with Gasteiger partial charge in [0.15, 0.2) is 13.5 Å². The summed E-state index contributed by atoms with van der Waals surface area (Å²) in [7, 11) is 20.3. The maximum absolute atomic E-state index is 8.38. The summed E-state index contributed by atoms with van der Waals surface area (Å²) in [4.78, 5) is 0. The molecule has 0 aliphatic heterocycles. The van der Waals surface area contributed by atoms with Crippen LogP contribution in [-0.4, -0.2) is 74.9 Å². The second-order valence-electron chi connectivity index (χ2n) is 4.93. The molecule has 17 heavy (non-hydrogen) atoms. The van der Waals surface area contributed by atoms with Crippen LogP contribution in [0.1, 0.15) is 0 Å². The molecule has 0 aromatic carbocycles. The molecule has 0 rings (SSSR count). The summed E-state index contributed by atoms with van der Waals surface area (Å²) in [5.41, 5.74) is 0. The van der Waals surface area contributed by atoms with E-state index in [2.05, 4.69) is 19.6 Å². The molecule has 110 valence electrons. The minimum atomic E-state index is -0.363. The summed E-state index contributed by atoms with van der Waals surface area (Å²) in [5, 5.41) is 16.8. The van der Waals surface area contributed by atoms with Crippen molar-refractivity contribution in [3.63, 3.8) is 0 Å². The van der Waals surface area contributed by atoms with Crippen molar-refractivity contribution in [1.29, 1.82) is 0 Å². The van der Waals surface area contributed by atoms with Crippen molar-refractivity contribution >= 4 is 46.6 Å². The van der Waals surface area contributed by atoms with Gasteiger partial charge in [-0.15, -0.1) is 0 Å². The maximum atomic E-state index is 8.38. The third-order valence-corrected chi connectivity index (χ3v) is 0.849. The third kappa shape index (κ3) is 73.8. The van der Waals surface area contributed by atoms with Gasteiger partial charge in [-0.2, -0.15) is 0 Å². The van der Waals surface area contributed by atoms with Crippen LogP contribution in [0.15, 0.2) is 0 Å². The van der Waals surface area contributed by atoms with Crippen LogP contribution in [0.3, 0.4) is 0 Å². The standard InChI is InChI=1S/2C4H12NO.Mo.2H2S.2S/c2*1-5(2,3)4-6;;;;;/h2*6H,4H2,1-3H3;;2*1H2;;/q2*+1;;;;;/p-2. The van der Waals surface area contributed by atoms with Crippen molar-refractivity contribution in [2.24, 2.45) is 0 Å². The van der Waals surface area contributed by atoms with Crippen molar-refractivity contribution in [2.75, 3.05) is 55.7 Å². The average Bonchev–Trinajstić information content (AvgIpc) is 2.04. The van der Waals surface area contributed by atoms with Gasteiger partial charge in [-0.1, -0.05) is 0 Å². The van der Waals surface area contributed by atoms with Crippen molar-refractivity contribution in [1.82, 2.24) is 0 Å². The Labute approximate surface area is 135 Å². The number of nitrogens with zero attached hydrogens (tertiary/aromatic N) is 2. The molecule has 0 aliphatic rings. The van der Waals surface area contributed by atoms with Gasteiger partial charge in [-0.05, 0) is 0 Å². The molecule has 0 saturated heterocycles. The molecular weight excluding hydrogens is 380 g/mol. The Balaban J connectivity index is -0.0000000421. The second-order valence-corrected chi connectivity index (χ2v) is 8.49. The average molecular weight is 407 g/mol. The molecule has 0 aromatic heterocycles. The molecule has 0 amide bonds. The van der Waals surface area contributed by atoms with E-state index in [1.54, 1.807) is 0 Å². The molecule has 9 heteroatoms. The molecule has 0 heterocycles. The molecule has 0 spiro atoms. The number of aliphatic hydroxyl groups excluding tert-OH is 2. The summed E-state index contributed by atoms with van der Waals surface area (Å²) >= 11 is -0.363. The first-order valence-corrected chi connectivity index (χ1v) is 9.86. The van der Waals surface area contributed by atoms with Crippen LogP contribution in [0.2, 0.25) is 0 Å². The summed E-state index contributed by atoms with van der Waals surface area (Å²) < 4.78 is 1.25. The van der Waals surface area contributed by atoms with E-state index in [9.17, 15) is 0 Å². The molecule has 0 atom stereocenters. The Bertz CT molecular complexity index is 163. The van der Waals surface area contributed by atoms with Gasteiger partial charge in [-0.3, -0.25) is 0 Å². The fraction of sp³-hybridized carbons (Fsp3) is 1.00. The zero-order valence-electron chi connectivity index (χ0n) is 11.3. The van der Waals surface area contributed by atoms with Crippen LogP contribution in [0, 0.1) is 0 Å². The van der Waals surface area contributed by atoms with Gasteiger partial charge in [0.05, 0.1) is 42.3 Å². The number of hydrogen-bond donors (Lipinski definition) is 2. The second kappa shape index (κ2) is 17.7. The molecule has 0 aliphatic carbocycles. The van der Waals surface area contributed by atoms with E-state index in [0.29, 0.717) is 8.97 Å². The first kappa shape index (κ1) is 31.2. The molecule has 4 nitrogen and oxygen atoms in total. The van der Waals surface area contributed by atoms with Crippen LogP contribution in [-0.2, 0) is 41.9 Å². The van der Waals surface area contributed by atoms with E-state index in [-0.39, 0.29) is 55.4 Å². The zero-order valence-corrected chi connectivity index (χ0v) is 16.8. The minimum absolute atomic E-state index is 0. The number of hydrogen-bond acceptors (Lipinski definition) is 6. The van der Waals surface area contributed by atoms with Crippen LogP contribution in [0.5, 0.6) is 0 Å². The van der Waals surface area contributed by atoms with Gasteiger partial charge in [-0.25, -0.2) is 0 Å². The molecule has 0 saturated carbocycles. The number of aliphatic hydroxyl groups is 2. The molecule has 0 bridgehead atoms. The fourth-order valence-electron chi connectivity index (χ4n) is 0. The van der Waals surface area contributed by atoms with Crippen LogP contribution < -0.4 is 0 Å². The summed E-state index contributed by atoms with van der Waals surface area (Å²) in [6, 6.07) is 0. The van der Waals surface area contributed by atoms with E-state index < -0.39 is 0 Å². The Kier molecular flexibility index (Phi) is 32.4. The third-order valence-electron chi connectivity index (χ3n) is 0.849. The SMILES string of the molecule is C[N+](C)(C)CO.C[N+](C)(C)CO.[SH-].[SH-].[S]=[Mo]=[S]. The van der Waals surface area contributed by atoms with Gasteiger partial charge in [0.1, 0.15) is 0 Å². The van der Waals surface area contributed by atoms with Crippen LogP contribution >= 0.6 is 19.6 Å². The van der Waals surface area contributed by atoms with E-state index in [0.717, 1.165) is 0 Å². The van der Waals surface area contributed by atoms with E-state index in [4.69, 9.17) is 10.2 Å². The quantitative estimate of drug-likeness (QED) is 0.222. The number of thiol groups is 2. The Hall–Kier alpha value is 1.67. The summed E-state index contributed by atoms with van der Waals surface area (Å²) in [6.07, 6.45) is 0. The zero-order chi connectivity index (χ0) is 13.1. The van der Waals surface area contributed by atoms with Crippen LogP contribution in [0.4, 0.5) is 0 Å². The van der Waals surface area contributed by atoms with Gasteiger partial charge in [0.2, 0.25) is 0 Å². The summed E-state index contributed by atoms with van der Waals surface area (Å²) in [5.74, 6) is 0. The monoisotopic (exact) mass is 408 g/mol. The first-order valence-electron chi connectivity index (χ1n) is 4.28.